The van der Waals surface area contributed by atoms with Crippen LogP contribution in [0.3, 0.4) is 0 Å². The van der Waals surface area contributed by atoms with E-state index in [1.54, 1.807) is 6.07 Å². The number of hydrogen-bond donors (Lipinski definition) is 1. The molecule has 2 rings (SSSR count). The number of amides is 1. The van der Waals surface area contributed by atoms with Gasteiger partial charge in [0.1, 0.15) is 11.5 Å². The van der Waals surface area contributed by atoms with Gasteiger partial charge in [0.15, 0.2) is 0 Å². The largest absolute Gasteiger partial charge is 0.368 e. The molecule has 0 saturated carbocycles. The topological polar surface area (TPSA) is 45.2 Å². The summed E-state index contributed by atoms with van der Waals surface area (Å²) in [7, 11) is 0. The highest BCUT2D eigenvalue weighted by Gasteiger charge is 2.22. The highest BCUT2D eigenvalue weighted by Crippen LogP contribution is 2.18. The van der Waals surface area contributed by atoms with Crippen molar-refractivity contribution in [2.75, 3.05) is 18.4 Å². The first-order valence-electron chi connectivity index (χ1n) is 7.09. The molecule has 0 aliphatic carbocycles. The molecule has 4 nitrogen and oxygen atoms in total. The van der Waals surface area contributed by atoms with Crippen LogP contribution in [0.15, 0.2) is 18.2 Å². The molecule has 0 spiro atoms. The van der Waals surface area contributed by atoms with Crippen LogP contribution >= 0.6 is 0 Å². The number of carbonyl (C=O) groups excluding carboxylic acids is 1. The lowest BCUT2D eigenvalue weighted by molar-refractivity contribution is 0.0691. The van der Waals surface area contributed by atoms with Gasteiger partial charge in [-0.05, 0) is 44.7 Å². The van der Waals surface area contributed by atoms with Crippen LogP contribution in [0.1, 0.15) is 44.1 Å². The SMILES string of the molecule is CC1CCN(C(=O)c2cccc(NC(C)C)n2)CC1. The van der Waals surface area contributed by atoms with E-state index in [-0.39, 0.29) is 5.91 Å². The van der Waals surface area contributed by atoms with Gasteiger partial charge in [-0.2, -0.15) is 0 Å². The molecular formula is C15H23N3O. The normalized spacial score (nSPS) is 16.7. The summed E-state index contributed by atoms with van der Waals surface area (Å²) in [6.07, 6.45) is 2.19. The second-order valence-electron chi connectivity index (χ2n) is 5.68. The van der Waals surface area contributed by atoms with E-state index in [1.807, 2.05) is 17.0 Å². The number of anilines is 1. The van der Waals surface area contributed by atoms with Crippen molar-refractivity contribution >= 4 is 11.7 Å². The third kappa shape index (κ3) is 3.69. The molecule has 1 N–H and O–H groups in total. The Morgan fingerprint density at radius 1 is 1.37 bits per heavy atom. The molecule has 4 heteroatoms. The molecule has 0 aromatic carbocycles. The van der Waals surface area contributed by atoms with E-state index in [0.29, 0.717) is 11.7 Å². The molecule has 1 aromatic heterocycles. The van der Waals surface area contributed by atoms with E-state index in [2.05, 4.69) is 31.1 Å². The average Bonchev–Trinajstić information content (AvgIpc) is 2.38. The number of likely N-dealkylation sites (tertiary alicyclic amines) is 1. The fourth-order valence-corrected chi connectivity index (χ4v) is 2.30. The van der Waals surface area contributed by atoms with Gasteiger partial charge in [-0.1, -0.05) is 13.0 Å². The number of aromatic nitrogens is 1. The Kier molecular flexibility index (Phi) is 4.40. The maximum atomic E-state index is 12.4. The van der Waals surface area contributed by atoms with Gasteiger partial charge in [-0.3, -0.25) is 4.79 Å². The second kappa shape index (κ2) is 6.04. The maximum Gasteiger partial charge on any atom is 0.272 e. The molecule has 2 heterocycles. The zero-order valence-electron chi connectivity index (χ0n) is 12.0. The van der Waals surface area contributed by atoms with E-state index in [0.717, 1.165) is 37.7 Å². The molecule has 1 aromatic rings. The van der Waals surface area contributed by atoms with Crippen molar-refractivity contribution in [3.05, 3.63) is 23.9 Å². The Labute approximate surface area is 115 Å². The molecule has 1 aliphatic heterocycles. The Bertz CT molecular complexity index is 437. The van der Waals surface area contributed by atoms with E-state index < -0.39 is 0 Å². The van der Waals surface area contributed by atoms with Gasteiger partial charge in [0.2, 0.25) is 0 Å². The first-order valence-corrected chi connectivity index (χ1v) is 7.09. The number of piperidine rings is 1. The predicted molar refractivity (Wildman–Crippen MR) is 77.3 cm³/mol. The maximum absolute atomic E-state index is 12.4. The predicted octanol–water partition coefficient (Wildman–Crippen LogP) is 2.77. The van der Waals surface area contributed by atoms with Crippen LogP contribution in [0, 0.1) is 5.92 Å². The third-order valence-corrected chi connectivity index (χ3v) is 3.48. The number of hydrogen-bond acceptors (Lipinski definition) is 3. The zero-order chi connectivity index (χ0) is 13.8. The van der Waals surface area contributed by atoms with E-state index in [1.165, 1.54) is 0 Å². The summed E-state index contributed by atoms with van der Waals surface area (Å²) >= 11 is 0. The van der Waals surface area contributed by atoms with Crippen LogP contribution in [0.25, 0.3) is 0 Å². The van der Waals surface area contributed by atoms with Crippen LogP contribution in [-0.2, 0) is 0 Å². The molecule has 19 heavy (non-hydrogen) atoms. The van der Waals surface area contributed by atoms with Crippen molar-refractivity contribution in [2.24, 2.45) is 5.92 Å². The van der Waals surface area contributed by atoms with Gasteiger partial charge < -0.3 is 10.2 Å². The van der Waals surface area contributed by atoms with Gasteiger partial charge in [-0.25, -0.2) is 4.98 Å². The summed E-state index contributed by atoms with van der Waals surface area (Å²) in [5.41, 5.74) is 0.542. The van der Waals surface area contributed by atoms with Gasteiger partial charge >= 0.3 is 0 Å². The minimum absolute atomic E-state index is 0.0549. The van der Waals surface area contributed by atoms with Crippen molar-refractivity contribution in [1.82, 2.24) is 9.88 Å². The summed E-state index contributed by atoms with van der Waals surface area (Å²) in [6.45, 7) is 8.06. The van der Waals surface area contributed by atoms with Crippen LogP contribution < -0.4 is 5.32 Å². The van der Waals surface area contributed by atoms with Crippen LogP contribution in [0.2, 0.25) is 0 Å². The third-order valence-electron chi connectivity index (χ3n) is 3.48. The first-order chi connectivity index (χ1) is 9.06. The Morgan fingerprint density at radius 2 is 2.05 bits per heavy atom. The number of pyridine rings is 1. The fourth-order valence-electron chi connectivity index (χ4n) is 2.30. The molecular weight excluding hydrogens is 238 g/mol. The number of carbonyl (C=O) groups is 1. The lowest BCUT2D eigenvalue weighted by Gasteiger charge is -2.30. The summed E-state index contributed by atoms with van der Waals surface area (Å²) < 4.78 is 0. The molecule has 1 fully saturated rings. The van der Waals surface area contributed by atoms with Crippen molar-refractivity contribution in [2.45, 2.75) is 39.7 Å². The first kappa shape index (κ1) is 13.8. The summed E-state index contributed by atoms with van der Waals surface area (Å²) in [5, 5.41) is 3.23. The van der Waals surface area contributed by atoms with Crippen molar-refractivity contribution in [3.8, 4) is 0 Å². The average molecular weight is 261 g/mol. The lowest BCUT2D eigenvalue weighted by atomic mass is 9.99. The molecule has 1 amide bonds. The van der Waals surface area contributed by atoms with Crippen LogP contribution in [0.4, 0.5) is 5.82 Å². The number of rotatable bonds is 3. The minimum Gasteiger partial charge on any atom is -0.368 e. The van der Waals surface area contributed by atoms with E-state index >= 15 is 0 Å². The van der Waals surface area contributed by atoms with Gasteiger partial charge in [-0.15, -0.1) is 0 Å². The highest BCUT2D eigenvalue weighted by atomic mass is 16.2. The summed E-state index contributed by atoms with van der Waals surface area (Å²) in [5.74, 6) is 1.55. The Morgan fingerprint density at radius 3 is 2.68 bits per heavy atom. The lowest BCUT2D eigenvalue weighted by Crippen LogP contribution is -2.38. The van der Waals surface area contributed by atoms with Gasteiger partial charge in [0, 0.05) is 19.1 Å². The molecule has 0 unspecified atom stereocenters. The second-order valence-corrected chi connectivity index (χ2v) is 5.68. The number of nitrogens with zero attached hydrogens (tertiary/aromatic N) is 2. The Balaban J connectivity index is 2.06. The van der Waals surface area contributed by atoms with Gasteiger partial charge in [0.05, 0.1) is 0 Å². The highest BCUT2D eigenvalue weighted by molar-refractivity contribution is 5.92. The van der Waals surface area contributed by atoms with Crippen LogP contribution in [-0.4, -0.2) is 34.9 Å². The van der Waals surface area contributed by atoms with Crippen molar-refractivity contribution in [3.63, 3.8) is 0 Å². The molecule has 0 bridgehead atoms. The molecule has 0 atom stereocenters. The van der Waals surface area contributed by atoms with Gasteiger partial charge in [0.25, 0.3) is 5.91 Å². The Hall–Kier alpha value is -1.58. The number of nitrogens with one attached hydrogen (secondary N) is 1. The van der Waals surface area contributed by atoms with E-state index in [4.69, 9.17) is 0 Å². The quantitative estimate of drug-likeness (QED) is 0.910. The molecule has 104 valence electrons. The van der Waals surface area contributed by atoms with E-state index in [9.17, 15) is 4.79 Å². The molecule has 1 aliphatic rings. The monoisotopic (exact) mass is 261 g/mol. The summed E-state index contributed by atoms with van der Waals surface area (Å²) in [6, 6.07) is 5.90. The molecule has 0 radical (unpaired) electrons. The van der Waals surface area contributed by atoms with Crippen molar-refractivity contribution in [1.29, 1.82) is 0 Å². The minimum atomic E-state index is 0.0549. The van der Waals surface area contributed by atoms with Crippen LogP contribution in [0.5, 0.6) is 0 Å². The smallest absolute Gasteiger partial charge is 0.272 e. The zero-order valence-corrected chi connectivity index (χ0v) is 12.0. The van der Waals surface area contributed by atoms with Crippen molar-refractivity contribution < 1.29 is 4.79 Å². The fraction of sp³-hybridized carbons (Fsp3) is 0.600. The standard InChI is InChI=1S/C15H23N3O/c1-11(2)16-14-6-4-5-13(17-14)15(19)18-9-7-12(3)8-10-18/h4-6,11-12H,7-10H2,1-3H3,(H,16,17). The summed E-state index contributed by atoms with van der Waals surface area (Å²) in [4.78, 5) is 18.7. The molecule has 1 saturated heterocycles.